The fraction of sp³-hybridized carbons (Fsp3) is 0.583. The van der Waals surface area contributed by atoms with Gasteiger partial charge in [-0.1, -0.05) is 0 Å². The van der Waals surface area contributed by atoms with Crippen molar-refractivity contribution in [2.75, 3.05) is 32.1 Å². The standard InChI is InChI=1S/C12H18BrN3/c1-9-6-10(13)7-14-12(9)16-5-4-11(8-16)15(2)3/h6-7,11H,4-5,8H2,1-3H3/t11-/m1/s1. The molecular formula is C12H18BrN3. The van der Waals surface area contributed by atoms with Crippen LogP contribution in [0.25, 0.3) is 0 Å². The number of hydrogen-bond donors (Lipinski definition) is 0. The van der Waals surface area contributed by atoms with Crippen LogP contribution < -0.4 is 4.90 Å². The monoisotopic (exact) mass is 283 g/mol. The highest BCUT2D eigenvalue weighted by Gasteiger charge is 2.25. The van der Waals surface area contributed by atoms with E-state index in [-0.39, 0.29) is 0 Å². The minimum Gasteiger partial charge on any atom is -0.355 e. The molecule has 1 saturated heterocycles. The average molecular weight is 284 g/mol. The zero-order chi connectivity index (χ0) is 11.7. The van der Waals surface area contributed by atoms with Gasteiger partial charge in [0.1, 0.15) is 5.82 Å². The molecule has 0 amide bonds. The van der Waals surface area contributed by atoms with E-state index in [9.17, 15) is 0 Å². The van der Waals surface area contributed by atoms with Crippen LogP contribution >= 0.6 is 15.9 Å². The predicted octanol–water partition coefficient (Wildman–Crippen LogP) is 2.29. The van der Waals surface area contributed by atoms with E-state index in [0.717, 1.165) is 23.4 Å². The van der Waals surface area contributed by atoms with Gasteiger partial charge in [0.05, 0.1) is 0 Å². The lowest BCUT2D eigenvalue weighted by molar-refractivity contribution is 0.315. The first-order valence-corrected chi connectivity index (χ1v) is 6.40. The molecule has 0 radical (unpaired) electrons. The number of rotatable bonds is 2. The Morgan fingerprint density at radius 3 is 2.81 bits per heavy atom. The second-order valence-corrected chi connectivity index (χ2v) is 5.56. The summed E-state index contributed by atoms with van der Waals surface area (Å²) in [5.74, 6) is 1.13. The van der Waals surface area contributed by atoms with Gasteiger partial charge in [-0.25, -0.2) is 4.98 Å². The number of pyridine rings is 1. The minimum atomic E-state index is 0.657. The van der Waals surface area contributed by atoms with E-state index in [1.54, 1.807) is 0 Å². The Morgan fingerprint density at radius 2 is 2.25 bits per heavy atom. The molecule has 2 heterocycles. The Morgan fingerprint density at radius 1 is 1.50 bits per heavy atom. The van der Waals surface area contributed by atoms with Crippen molar-refractivity contribution >= 4 is 21.7 Å². The number of halogens is 1. The number of anilines is 1. The molecule has 1 aliphatic heterocycles. The second-order valence-electron chi connectivity index (χ2n) is 4.65. The molecule has 88 valence electrons. The quantitative estimate of drug-likeness (QED) is 0.830. The highest BCUT2D eigenvalue weighted by Crippen LogP contribution is 2.25. The molecule has 1 aliphatic rings. The molecule has 16 heavy (non-hydrogen) atoms. The number of aryl methyl sites for hydroxylation is 1. The van der Waals surface area contributed by atoms with E-state index in [2.05, 4.69) is 57.8 Å². The van der Waals surface area contributed by atoms with Crippen LogP contribution in [0.5, 0.6) is 0 Å². The third-order valence-corrected chi connectivity index (χ3v) is 3.64. The highest BCUT2D eigenvalue weighted by molar-refractivity contribution is 9.10. The van der Waals surface area contributed by atoms with Gasteiger partial charge in [0, 0.05) is 29.8 Å². The first-order chi connectivity index (χ1) is 7.58. The Balaban J connectivity index is 2.14. The van der Waals surface area contributed by atoms with Crippen molar-refractivity contribution in [1.29, 1.82) is 0 Å². The Labute approximate surface area is 106 Å². The molecule has 1 aromatic heterocycles. The topological polar surface area (TPSA) is 19.4 Å². The summed E-state index contributed by atoms with van der Waals surface area (Å²) in [5.41, 5.74) is 1.24. The number of hydrogen-bond acceptors (Lipinski definition) is 3. The maximum atomic E-state index is 4.51. The van der Waals surface area contributed by atoms with E-state index < -0.39 is 0 Å². The molecule has 0 saturated carbocycles. The molecule has 0 aliphatic carbocycles. The van der Waals surface area contributed by atoms with Crippen molar-refractivity contribution in [1.82, 2.24) is 9.88 Å². The molecule has 1 atom stereocenters. The van der Waals surface area contributed by atoms with Crippen molar-refractivity contribution in [2.45, 2.75) is 19.4 Å². The normalized spacial score (nSPS) is 20.8. The van der Waals surface area contributed by atoms with Gasteiger partial charge in [-0.05, 0) is 55.0 Å². The molecule has 2 rings (SSSR count). The summed E-state index contributed by atoms with van der Waals surface area (Å²) in [4.78, 5) is 9.20. The van der Waals surface area contributed by atoms with Crippen molar-refractivity contribution in [3.05, 3.63) is 22.3 Å². The highest BCUT2D eigenvalue weighted by atomic mass is 79.9. The van der Waals surface area contributed by atoms with E-state index >= 15 is 0 Å². The molecular weight excluding hydrogens is 266 g/mol. The Hall–Kier alpha value is -0.610. The maximum absolute atomic E-state index is 4.51. The van der Waals surface area contributed by atoms with Gasteiger partial charge in [-0.2, -0.15) is 0 Å². The molecule has 0 N–H and O–H groups in total. The molecule has 4 heteroatoms. The van der Waals surface area contributed by atoms with Crippen LogP contribution in [-0.4, -0.2) is 43.1 Å². The van der Waals surface area contributed by atoms with Gasteiger partial charge in [-0.3, -0.25) is 0 Å². The summed E-state index contributed by atoms with van der Waals surface area (Å²) in [7, 11) is 4.30. The van der Waals surface area contributed by atoms with Crippen molar-refractivity contribution in [3.8, 4) is 0 Å². The molecule has 0 unspecified atom stereocenters. The van der Waals surface area contributed by atoms with Gasteiger partial charge < -0.3 is 9.80 Å². The molecule has 3 nitrogen and oxygen atoms in total. The van der Waals surface area contributed by atoms with Crippen LogP contribution in [0.1, 0.15) is 12.0 Å². The lowest BCUT2D eigenvalue weighted by Crippen LogP contribution is -2.31. The lowest BCUT2D eigenvalue weighted by Gasteiger charge is -2.22. The largest absolute Gasteiger partial charge is 0.355 e. The first-order valence-electron chi connectivity index (χ1n) is 5.61. The fourth-order valence-electron chi connectivity index (χ4n) is 2.22. The predicted molar refractivity (Wildman–Crippen MR) is 71.0 cm³/mol. The first kappa shape index (κ1) is 11.9. The van der Waals surface area contributed by atoms with Crippen molar-refractivity contribution < 1.29 is 0 Å². The second kappa shape index (κ2) is 4.72. The number of likely N-dealkylation sites (N-methyl/N-ethyl adjacent to an activating group) is 1. The minimum absolute atomic E-state index is 0.657. The van der Waals surface area contributed by atoms with Gasteiger partial charge >= 0.3 is 0 Å². The van der Waals surface area contributed by atoms with E-state index in [1.165, 1.54) is 12.0 Å². The van der Waals surface area contributed by atoms with Gasteiger partial charge in [0.15, 0.2) is 0 Å². The molecule has 0 spiro atoms. The van der Waals surface area contributed by atoms with Gasteiger partial charge in [-0.15, -0.1) is 0 Å². The van der Waals surface area contributed by atoms with Crippen LogP contribution in [0.2, 0.25) is 0 Å². The summed E-state index contributed by atoms with van der Waals surface area (Å²) in [6, 6.07) is 2.79. The number of nitrogens with zero attached hydrogens (tertiary/aromatic N) is 3. The zero-order valence-electron chi connectivity index (χ0n) is 10.1. The van der Waals surface area contributed by atoms with Crippen molar-refractivity contribution in [3.63, 3.8) is 0 Å². The summed E-state index contributed by atoms with van der Waals surface area (Å²) >= 11 is 3.45. The fourth-order valence-corrected chi connectivity index (χ4v) is 2.67. The van der Waals surface area contributed by atoms with E-state index in [1.807, 2.05) is 6.20 Å². The maximum Gasteiger partial charge on any atom is 0.131 e. The van der Waals surface area contributed by atoms with E-state index in [4.69, 9.17) is 0 Å². The summed E-state index contributed by atoms with van der Waals surface area (Å²) < 4.78 is 1.05. The SMILES string of the molecule is Cc1cc(Br)cnc1N1CC[C@@H](N(C)C)C1. The third-order valence-electron chi connectivity index (χ3n) is 3.21. The van der Waals surface area contributed by atoms with Crippen molar-refractivity contribution in [2.24, 2.45) is 0 Å². The van der Waals surface area contributed by atoms with Gasteiger partial charge in [0.2, 0.25) is 0 Å². The molecule has 0 aromatic carbocycles. The molecule has 1 aromatic rings. The third kappa shape index (κ3) is 2.38. The van der Waals surface area contributed by atoms with E-state index in [0.29, 0.717) is 6.04 Å². The van der Waals surface area contributed by atoms with Crippen LogP contribution in [0, 0.1) is 6.92 Å². The summed E-state index contributed by atoms with van der Waals surface area (Å²) in [5, 5.41) is 0. The Bertz CT molecular complexity index is 379. The number of aromatic nitrogens is 1. The van der Waals surface area contributed by atoms with Crippen LogP contribution in [-0.2, 0) is 0 Å². The molecule has 0 bridgehead atoms. The van der Waals surface area contributed by atoms with Gasteiger partial charge in [0.25, 0.3) is 0 Å². The Kier molecular flexibility index (Phi) is 3.50. The smallest absolute Gasteiger partial charge is 0.131 e. The van der Waals surface area contributed by atoms with Crippen LogP contribution in [0.4, 0.5) is 5.82 Å². The average Bonchev–Trinajstić information content (AvgIpc) is 2.66. The van der Waals surface area contributed by atoms with Crippen LogP contribution in [0.3, 0.4) is 0 Å². The summed E-state index contributed by atoms with van der Waals surface area (Å²) in [6.45, 7) is 4.32. The van der Waals surface area contributed by atoms with Crippen LogP contribution in [0.15, 0.2) is 16.7 Å². The molecule has 1 fully saturated rings. The lowest BCUT2D eigenvalue weighted by atomic mass is 10.2. The zero-order valence-corrected chi connectivity index (χ0v) is 11.7. The summed E-state index contributed by atoms with van der Waals surface area (Å²) in [6.07, 6.45) is 3.11.